The summed E-state index contributed by atoms with van der Waals surface area (Å²) in [5.74, 6) is 0.795. The van der Waals surface area contributed by atoms with E-state index in [4.69, 9.17) is 12.2 Å². The first-order chi connectivity index (χ1) is 7.16. The Morgan fingerprint density at radius 1 is 1.27 bits per heavy atom. The van der Waals surface area contributed by atoms with Crippen molar-refractivity contribution >= 4 is 17.3 Å². The van der Waals surface area contributed by atoms with Crippen LogP contribution < -0.4 is 5.32 Å². The Labute approximate surface area is 98.4 Å². The Balaban J connectivity index is 1.84. The zero-order chi connectivity index (χ0) is 10.8. The molecule has 15 heavy (non-hydrogen) atoms. The molecule has 2 aliphatic rings. The molecule has 1 heterocycles. The van der Waals surface area contributed by atoms with Crippen LogP contribution in [0, 0.1) is 5.92 Å². The van der Waals surface area contributed by atoms with E-state index in [0.29, 0.717) is 12.1 Å². The molecule has 1 N–H and O–H groups in total. The zero-order valence-corrected chi connectivity index (χ0v) is 10.6. The van der Waals surface area contributed by atoms with Gasteiger partial charge in [0.25, 0.3) is 0 Å². The van der Waals surface area contributed by atoms with Crippen LogP contribution in [0.2, 0.25) is 0 Å². The molecule has 3 heteroatoms. The third-order valence-corrected chi connectivity index (χ3v) is 4.08. The number of nitrogens with zero attached hydrogens (tertiary/aromatic N) is 1. The lowest BCUT2D eigenvalue weighted by Crippen LogP contribution is -2.45. The molecule has 0 aromatic carbocycles. The lowest BCUT2D eigenvalue weighted by atomic mass is 10.1. The van der Waals surface area contributed by atoms with Crippen LogP contribution in [-0.4, -0.2) is 28.6 Å². The maximum absolute atomic E-state index is 5.50. The summed E-state index contributed by atoms with van der Waals surface area (Å²) in [5.41, 5.74) is 0. The highest BCUT2D eigenvalue weighted by atomic mass is 32.1. The molecule has 86 valence electrons. The quantitative estimate of drug-likeness (QED) is 0.692. The van der Waals surface area contributed by atoms with E-state index in [1.165, 1.54) is 32.1 Å². The van der Waals surface area contributed by atoms with Gasteiger partial charge in [-0.3, -0.25) is 0 Å². The average Bonchev–Trinajstić information content (AvgIpc) is 2.75. The van der Waals surface area contributed by atoms with E-state index < -0.39 is 0 Å². The first-order valence-corrected chi connectivity index (χ1v) is 6.65. The van der Waals surface area contributed by atoms with Gasteiger partial charge >= 0.3 is 0 Å². The van der Waals surface area contributed by atoms with Gasteiger partial charge in [-0.15, -0.1) is 0 Å². The Morgan fingerprint density at radius 3 is 2.47 bits per heavy atom. The van der Waals surface area contributed by atoms with Crippen LogP contribution in [0.3, 0.4) is 0 Å². The molecule has 1 aliphatic carbocycles. The molecule has 2 rings (SSSR count). The van der Waals surface area contributed by atoms with Gasteiger partial charge in [0, 0.05) is 18.6 Å². The zero-order valence-electron chi connectivity index (χ0n) is 9.83. The standard InChI is InChI=1S/C12H22N2S/c1-9-7-10(2)14(8-9)12(15)13-11-5-3-4-6-11/h9-11H,3-8H2,1-2H3,(H,13,15). The highest BCUT2D eigenvalue weighted by molar-refractivity contribution is 7.80. The Morgan fingerprint density at radius 2 is 1.93 bits per heavy atom. The molecule has 1 saturated heterocycles. The smallest absolute Gasteiger partial charge is 0.169 e. The Hall–Kier alpha value is -0.310. The number of hydrogen-bond donors (Lipinski definition) is 1. The maximum Gasteiger partial charge on any atom is 0.169 e. The largest absolute Gasteiger partial charge is 0.360 e. The summed E-state index contributed by atoms with van der Waals surface area (Å²) in [6.45, 7) is 5.74. The topological polar surface area (TPSA) is 15.3 Å². The van der Waals surface area contributed by atoms with E-state index in [9.17, 15) is 0 Å². The predicted molar refractivity (Wildman–Crippen MR) is 67.9 cm³/mol. The second kappa shape index (κ2) is 4.69. The van der Waals surface area contributed by atoms with E-state index >= 15 is 0 Å². The summed E-state index contributed by atoms with van der Waals surface area (Å²) in [5, 5.41) is 4.53. The highest BCUT2D eigenvalue weighted by Crippen LogP contribution is 2.23. The number of nitrogens with one attached hydrogen (secondary N) is 1. The third-order valence-electron chi connectivity index (χ3n) is 3.73. The molecule has 0 bridgehead atoms. The number of thiocarbonyl (C=S) groups is 1. The molecule has 2 atom stereocenters. The van der Waals surface area contributed by atoms with Crippen LogP contribution in [0.15, 0.2) is 0 Å². The average molecular weight is 226 g/mol. The van der Waals surface area contributed by atoms with Crippen LogP contribution in [0.4, 0.5) is 0 Å². The summed E-state index contributed by atoms with van der Waals surface area (Å²) < 4.78 is 0. The minimum Gasteiger partial charge on any atom is -0.360 e. The van der Waals surface area contributed by atoms with E-state index in [1.54, 1.807) is 0 Å². The molecular weight excluding hydrogens is 204 g/mol. The van der Waals surface area contributed by atoms with Gasteiger partial charge in [-0.2, -0.15) is 0 Å². The fourth-order valence-electron chi connectivity index (χ4n) is 2.91. The fourth-order valence-corrected chi connectivity index (χ4v) is 3.33. The molecule has 2 fully saturated rings. The van der Waals surface area contributed by atoms with Gasteiger partial charge in [0.2, 0.25) is 0 Å². The van der Waals surface area contributed by atoms with Crippen molar-refractivity contribution in [3.05, 3.63) is 0 Å². The molecule has 1 aliphatic heterocycles. The van der Waals surface area contributed by atoms with Crippen LogP contribution in [0.1, 0.15) is 46.0 Å². The first kappa shape index (κ1) is 11.2. The fraction of sp³-hybridized carbons (Fsp3) is 0.917. The van der Waals surface area contributed by atoms with Gasteiger partial charge in [0.15, 0.2) is 5.11 Å². The molecule has 1 saturated carbocycles. The number of likely N-dealkylation sites (tertiary alicyclic amines) is 1. The minimum atomic E-state index is 0.626. The molecule has 0 aromatic rings. The SMILES string of the molecule is CC1CC(C)N(C(=S)NC2CCCC2)C1. The Kier molecular flexibility index (Phi) is 3.49. The van der Waals surface area contributed by atoms with Crippen molar-refractivity contribution in [2.75, 3.05) is 6.54 Å². The summed E-state index contributed by atoms with van der Waals surface area (Å²) in [4.78, 5) is 2.37. The monoisotopic (exact) mass is 226 g/mol. The maximum atomic E-state index is 5.50. The first-order valence-electron chi connectivity index (χ1n) is 6.24. The van der Waals surface area contributed by atoms with Gasteiger partial charge in [0.1, 0.15) is 0 Å². The third kappa shape index (κ3) is 2.63. The summed E-state index contributed by atoms with van der Waals surface area (Å²) in [7, 11) is 0. The van der Waals surface area contributed by atoms with Crippen LogP contribution in [-0.2, 0) is 0 Å². The van der Waals surface area contributed by atoms with Crippen LogP contribution in [0.25, 0.3) is 0 Å². The molecule has 0 spiro atoms. The van der Waals surface area contributed by atoms with Gasteiger partial charge in [0.05, 0.1) is 0 Å². The van der Waals surface area contributed by atoms with Gasteiger partial charge in [-0.25, -0.2) is 0 Å². The molecule has 2 unspecified atom stereocenters. The van der Waals surface area contributed by atoms with E-state index in [1.807, 2.05) is 0 Å². The summed E-state index contributed by atoms with van der Waals surface area (Å²) in [6.07, 6.45) is 6.63. The normalized spacial score (nSPS) is 32.3. The second-order valence-electron chi connectivity index (χ2n) is 5.27. The van der Waals surface area contributed by atoms with Crippen molar-refractivity contribution in [3.8, 4) is 0 Å². The number of hydrogen-bond acceptors (Lipinski definition) is 1. The van der Waals surface area contributed by atoms with Crippen LogP contribution >= 0.6 is 12.2 Å². The van der Waals surface area contributed by atoms with Gasteiger partial charge < -0.3 is 10.2 Å². The molecular formula is C12H22N2S. The predicted octanol–water partition coefficient (Wildman–Crippen LogP) is 2.53. The molecule has 0 aromatic heterocycles. The van der Waals surface area contributed by atoms with E-state index in [0.717, 1.165) is 17.6 Å². The van der Waals surface area contributed by atoms with Crippen molar-refractivity contribution in [2.24, 2.45) is 5.92 Å². The summed E-state index contributed by atoms with van der Waals surface area (Å²) >= 11 is 5.50. The van der Waals surface area contributed by atoms with Crippen molar-refractivity contribution in [1.82, 2.24) is 10.2 Å². The lowest BCUT2D eigenvalue weighted by Gasteiger charge is -2.27. The van der Waals surface area contributed by atoms with E-state index in [2.05, 4.69) is 24.1 Å². The van der Waals surface area contributed by atoms with Gasteiger partial charge in [-0.05, 0) is 44.3 Å². The Bertz CT molecular complexity index is 236. The second-order valence-corrected chi connectivity index (χ2v) is 5.66. The van der Waals surface area contributed by atoms with E-state index in [-0.39, 0.29) is 0 Å². The lowest BCUT2D eigenvalue weighted by molar-refractivity contribution is 0.396. The highest BCUT2D eigenvalue weighted by Gasteiger charge is 2.29. The number of rotatable bonds is 1. The summed E-state index contributed by atoms with van der Waals surface area (Å²) in [6, 6.07) is 1.28. The molecule has 0 amide bonds. The van der Waals surface area contributed by atoms with Crippen molar-refractivity contribution < 1.29 is 0 Å². The van der Waals surface area contributed by atoms with Gasteiger partial charge in [-0.1, -0.05) is 19.8 Å². The minimum absolute atomic E-state index is 0.626. The molecule has 2 nitrogen and oxygen atoms in total. The van der Waals surface area contributed by atoms with Crippen molar-refractivity contribution in [1.29, 1.82) is 0 Å². The van der Waals surface area contributed by atoms with Crippen LogP contribution in [0.5, 0.6) is 0 Å². The molecule has 0 radical (unpaired) electrons. The van der Waals surface area contributed by atoms with Crippen molar-refractivity contribution in [2.45, 2.75) is 58.0 Å². The van der Waals surface area contributed by atoms with Crippen molar-refractivity contribution in [3.63, 3.8) is 0 Å².